The molecule has 1 fully saturated rings. The van der Waals surface area contributed by atoms with E-state index in [0.717, 1.165) is 12.3 Å². The molecule has 1 aliphatic rings. The fraction of sp³-hybridized carbons (Fsp3) is 0.455. The average Bonchev–Trinajstić information content (AvgIpc) is 2.32. The van der Waals surface area contributed by atoms with Crippen molar-refractivity contribution in [3.8, 4) is 0 Å². The lowest BCUT2D eigenvalue weighted by Crippen LogP contribution is -2.33. The molecule has 0 amide bonds. The number of nitro groups is 1. The van der Waals surface area contributed by atoms with Crippen molar-refractivity contribution in [1.29, 1.82) is 0 Å². The van der Waals surface area contributed by atoms with Gasteiger partial charge < -0.3 is 15.5 Å². The highest BCUT2D eigenvalue weighted by Crippen LogP contribution is 2.29. The van der Waals surface area contributed by atoms with Gasteiger partial charge in [0.05, 0.1) is 16.6 Å². The van der Waals surface area contributed by atoms with Gasteiger partial charge in [-0.25, -0.2) is 9.78 Å². The highest BCUT2D eigenvalue weighted by Gasteiger charge is 2.28. The molecule has 1 saturated carbocycles. The van der Waals surface area contributed by atoms with Gasteiger partial charge in [0.25, 0.3) is 0 Å². The number of carboxylic acids is 1. The first-order valence-corrected chi connectivity index (χ1v) is 5.77. The molecule has 0 aromatic carbocycles. The van der Waals surface area contributed by atoms with Crippen molar-refractivity contribution in [1.82, 2.24) is 4.98 Å². The molecule has 19 heavy (non-hydrogen) atoms. The Bertz CT molecular complexity index is 513. The SMILES string of the molecule is O=C(O)c1cnc(NCC2CC(O)C2)c([N+](=O)[O-])c1. The van der Waals surface area contributed by atoms with Gasteiger partial charge in [0.1, 0.15) is 0 Å². The van der Waals surface area contributed by atoms with E-state index in [9.17, 15) is 14.9 Å². The summed E-state index contributed by atoms with van der Waals surface area (Å²) in [6.45, 7) is 0.470. The molecule has 0 aliphatic heterocycles. The number of aliphatic hydroxyl groups excluding tert-OH is 1. The van der Waals surface area contributed by atoms with E-state index >= 15 is 0 Å². The number of aromatic nitrogens is 1. The van der Waals surface area contributed by atoms with Crippen molar-refractivity contribution in [3.05, 3.63) is 27.9 Å². The minimum atomic E-state index is -1.26. The Balaban J connectivity index is 2.10. The third kappa shape index (κ3) is 2.97. The van der Waals surface area contributed by atoms with Crippen LogP contribution in [0.4, 0.5) is 11.5 Å². The smallest absolute Gasteiger partial charge is 0.337 e. The molecule has 102 valence electrons. The molecule has 8 nitrogen and oxygen atoms in total. The van der Waals surface area contributed by atoms with Crippen molar-refractivity contribution >= 4 is 17.5 Å². The van der Waals surface area contributed by atoms with Crippen molar-refractivity contribution in [3.63, 3.8) is 0 Å². The number of nitrogens with one attached hydrogen (secondary N) is 1. The van der Waals surface area contributed by atoms with Gasteiger partial charge in [-0.05, 0) is 18.8 Å². The van der Waals surface area contributed by atoms with Crippen molar-refractivity contribution < 1.29 is 19.9 Å². The Hall–Kier alpha value is -2.22. The van der Waals surface area contributed by atoms with E-state index in [2.05, 4.69) is 10.3 Å². The van der Waals surface area contributed by atoms with E-state index in [1.807, 2.05) is 0 Å². The Morgan fingerprint density at radius 1 is 1.58 bits per heavy atom. The summed E-state index contributed by atoms with van der Waals surface area (Å²) in [6, 6.07) is 0.979. The van der Waals surface area contributed by atoms with Crippen LogP contribution < -0.4 is 5.32 Å². The molecule has 3 N–H and O–H groups in total. The van der Waals surface area contributed by atoms with E-state index in [-0.39, 0.29) is 29.1 Å². The molecule has 1 heterocycles. The maximum Gasteiger partial charge on any atom is 0.337 e. The monoisotopic (exact) mass is 267 g/mol. The van der Waals surface area contributed by atoms with Crippen LogP contribution >= 0.6 is 0 Å². The average molecular weight is 267 g/mol. The number of hydrogen-bond donors (Lipinski definition) is 3. The second kappa shape index (κ2) is 5.19. The van der Waals surface area contributed by atoms with Gasteiger partial charge in [-0.1, -0.05) is 0 Å². The number of aliphatic hydroxyl groups is 1. The van der Waals surface area contributed by atoms with Crippen molar-refractivity contribution in [2.75, 3.05) is 11.9 Å². The third-order valence-corrected chi connectivity index (χ3v) is 3.08. The Morgan fingerprint density at radius 3 is 2.79 bits per heavy atom. The molecular weight excluding hydrogens is 254 g/mol. The lowest BCUT2D eigenvalue weighted by molar-refractivity contribution is -0.384. The summed E-state index contributed by atoms with van der Waals surface area (Å²) in [7, 11) is 0. The molecule has 0 unspecified atom stereocenters. The molecule has 0 bridgehead atoms. The number of rotatable bonds is 5. The summed E-state index contributed by atoms with van der Waals surface area (Å²) >= 11 is 0. The van der Waals surface area contributed by atoms with Crippen LogP contribution in [0.3, 0.4) is 0 Å². The normalized spacial score (nSPS) is 21.5. The van der Waals surface area contributed by atoms with Crippen LogP contribution in [0.25, 0.3) is 0 Å². The molecule has 1 aromatic heterocycles. The zero-order chi connectivity index (χ0) is 14.0. The van der Waals surface area contributed by atoms with E-state index < -0.39 is 10.9 Å². The number of anilines is 1. The van der Waals surface area contributed by atoms with Gasteiger partial charge >= 0.3 is 11.7 Å². The quantitative estimate of drug-likeness (QED) is 0.533. The predicted molar refractivity (Wildman–Crippen MR) is 65.1 cm³/mol. The first-order valence-electron chi connectivity index (χ1n) is 5.77. The molecule has 0 radical (unpaired) electrons. The molecule has 0 spiro atoms. The van der Waals surface area contributed by atoms with Crippen LogP contribution in [0.1, 0.15) is 23.2 Å². The molecule has 0 saturated heterocycles. The van der Waals surface area contributed by atoms with Crippen LogP contribution in [0, 0.1) is 16.0 Å². The first-order chi connectivity index (χ1) is 8.97. The number of hydrogen-bond acceptors (Lipinski definition) is 6. The minimum absolute atomic E-state index is 0.0522. The third-order valence-electron chi connectivity index (χ3n) is 3.08. The van der Waals surface area contributed by atoms with Crippen LogP contribution in [0.2, 0.25) is 0 Å². The number of pyridine rings is 1. The van der Waals surface area contributed by atoms with E-state index in [1.54, 1.807) is 0 Å². The second-order valence-electron chi connectivity index (χ2n) is 4.53. The maximum atomic E-state index is 10.9. The first kappa shape index (κ1) is 13.2. The van der Waals surface area contributed by atoms with E-state index in [1.165, 1.54) is 0 Å². The van der Waals surface area contributed by atoms with Gasteiger partial charge in [-0.15, -0.1) is 0 Å². The minimum Gasteiger partial charge on any atom is -0.478 e. The number of carboxylic acid groups (broad SMARTS) is 1. The van der Waals surface area contributed by atoms with Gasteiger partial charge in [0.15, 0.2) is 0 Å². The van der Waals surface area contributed by atoms with E-state index in [0.29, 0.717) is 19.4 Å². The molecule has 1 aliphatic carbocycles. The maximum absolute atomic E-state index is 10.9. The largest absolute Gasteiger partial charge is 0.478 e. The van der Waals surface area contributed by atoms with Crippen molar-refractivity contribution in [2.24, 2.45) is 5.92 Å². The van der Waals surface area contributed by atoms with E-state index in [4.69, 9.17) is 10.2 Å². The standard InChI is InChI=1S/C11H13N3O5/c15-8-1-6(2-8)4-12-10-9(14(18)19)3-7(5-13-10)11(16)17/h3,5-6,8,15H,1-2,4H2,(H,12,13)(H,16,17). The fourth-order valence-electron chi connectivity index (χ4n) is 1.95. The number of carbonyl (C=O) groups is 1. The summed E-state index contributed by atoms with van der Waals surface area (Å²) in [4.78, 5) is 24.7. The highest BCUT2D eigenvalue weighted by molar-refractivity contribution is 5.88. The summed E-state index contributed by atoms with van der Waals surface area (Å²) in [5.41, 5.74) is -0.587. The molecular formula is C11H13N3O5. The fourth-order valence-corrected chi connectivity index (χ4v) is 1.95. The summed E-state index contributed by atoms with van der Waals surface area (Å²) in [5.74, 6) is -0.948. The molecule has 0 atom stereocenters. The predicted octanol–water partition coefficient (Wildman–Crippen LogP) is 0.871. The van der Waals surface area contributed by atoms with Crippen LogP contribution in [-0.2, 0) is 0 Å². The van der Waals surface area contributed by atoms with Crippen LogP contribution in [0.15, 0.2) is 12.3 Å². The van der Waals surface area contributed by atoms with Gasteiger partial charge in [0.2, 0.25) is 5.82 Å². The Morgan fingerprint density at radius 2 is 2.26 bits per heavy atom. The highest BCUT2D eigenvalue weighted by atomic mass is 16.6. The molecule has 1 aromatic rings. The van der Waals surface area contributed by atoms with Gasteiger partial charge in [-0.2, -0.15) is 0 Å². The Labute approximate surface area is 108 Å². The Kier molecular flexibility index (Phi) is 3.61. The zero-order valence-corrected chi connectivity index (χ0v) is 9.94. The summed E-state index contributed by atoms with van der Waals surface area (Å²) in [6.07, 6.45) is 2.11. The van der Waals surface area contributed by atoms with Crippen LogP contribution in [0.5, 0.6) is 0 Å². The molecule has 8 heteroatoms. The van der Waals surface area contributed by atoms with Crippen LogP contribution in [-0.4, -0.2) is 38.7 Å². The second-order valence-corrected chi connectivity index (χ2v) is 4.53. The lowest BCUT2D eigenvalue weighted by Gasteiger charge is -2.31. The topological polar surface area (TPSA) is 126 Å². The van der Waals surface area contributed by atoms with Gasteiger partial charge in [-0.3, -0.25) is 10.1 Å². The molecule has 2 rings (SSSR count). The zero-order valence-electron chi connectivity index (χ0n) is 9.94. The number of nitrogens with zero attached hydrogens (tertiary/aromatic N) is 2. The number of aromatic carboxylic acids is 1. The lowest BCUT2D eigenvalue weighted by atomic mass is 9.82. The van der Waals surface area contributed by atoms with Gasteiger partial charge in [0, 0.05) is 18.8 Å². The summed E-state index contributed by atoms with van der Waals surface area (Å²) in [5, 5.41) is 31.6. The summed E-state index contributed by atoms with van der Waals surface area (Å²) < 4.78 is 0. The van der Waals surface area contributed by atoms with Crippen molar-refractivity contribution in [2.45, 2.75) is 18.9 Å².